The van der Waals surface area contributed by atoms with Gasteiger partial charge in [0.2, 0.25) is 5.88 Å². The standard InChI is InChI=1S/C16H26FN3O/c1-12(2)9-18-10-13-8-14(17)11-19-16(13)21-7-6-20(3)15-4-5-15/h8,11-12,15,18H,4-7,9-10H2,1-3H3. The highest BCUT2D eigenvalue weighted by atomic mass is 19.1. The molecule has 2 rings (SSSR count). The lowest BCUT2D eigenvalue weighted by atomic mass is 10.2. The molecule has 0 radical (unpaired) electrons. The summed E-state index contributed by atoms with van der Waals surface area (Å²) < 4.78 is 19.1. The topological polar surface area (TPSA) is 37.4 Å². The number of nitrogens with zero attached hydrogens (tertiary/aromatic N) is 2. The highest BCUT2D eigenvalue weighted by Gasteiger charge is 2.25. The van der Waals surface area contributed by atoms with Crippen LogP contribution in [-0.4, -0.2) is 42.7 Å². The zero-order chi connectivity index (χ0) is 15.2. The molecule has 0 aromatic carbocycles. The average Bonchev–Trinajstić information content (AvgIpc) is 3.25. The summed E-state index contributed by atoms with van der Waals surface area (Å²) in [6.07, 6.45) is 3.79. The van der Waals surface area contributed by atoms with Crippen LogP contribution >= 0.6 is 0 Å². The predicted molar refractivity (Wildman–Crippen MR) is 81.9 cm³/mol. The van der Waals surface area contributed by atoms with E-state index in [4.69, 9.17) is 4.74 Å². The highest BCUT2D eigenvalue weighted by molar-refractivity contribution is 5.26. The van der Waals surface area contributed by atoms with Crippen molar-refractivity contribution in [2.45, 2.75) is 39.3 Å². The Morgan fingerprint density at radius 1 is 1.48 bits per heavy atom. The van der Waals surface area contributed by atoms with E-state index in [1.807, 2.05) is 0 Å². The summed E-state index contributed by atoms with van der Waals surface area (Å²) in [5.74, 6) is 0.777. The normalized spacial score (nSPS) is 15.0. The number of hydrogen-bond acceptors (Lipinski definition) is 4. The van der Waals surface area contributed by atoms with E-state index in [1.165, 1.54) is 25.1 Å². The average molecular weight is 295 g/mol. The SMILES string of the molecule is CC(C)CNCc1cc(F)cnc1OCCN(C)C1CC1. The fraction of sp³-hybridized carbons (Fsp3) is 0.688. The van der Waals surface area contributed by atoms with Gasteiger partial charge in [0, 0.05) is 24.7 Å². The first kappa shape index (κ1) is 16.2. The third-order valence-electron chi connectivity index (χ3n) is 3.61. The van der Waals surface area contributed by atoms with Crippen molar-refractivity contribution in [1.29, 1.82) is 0 Å². The molecule has 4 nitrogen and oxygen atoms in total. The second-order valence-corrected chi connectivity index (χ2v) is 6.20. The molecule has 1 N–H and O–H groups in total. The van der Waals surface area contributed by atoms with Gasteiger partial charge in [-0.15, -0.1) is 0 Å². The van der Waals surface area contributed by atoms with Crippen LogP contribution in [0.15, 0.2) is 12.3 Å². The van der Waals surface area contributed by atoms with Crippen molar-refractivity contribution in [2.75, 3.05) is 26.7 Å². The van der Waals surface area contributed by atoms with Gasteiger partial charge in [-0.25, -0.2) is 9.37 Å². The molecule has 0 amide bonds. The van der Waals surface area contributed by atoms with Crippen LogP contribution in [0, 0.1) is 11.7 Å². The van der Waals surface area contributed by atoms with Crippen molar-refractivity contribution in [3.8, 4) is 5.88 Å². The van der Waals surface area contributed by atoms with Crippen molar-refractivity contribution < 1.29 is 9.13 Å². The third kappa shape index (κ3) is 5.59. The van der Waals surface area contributed by atoms with E-state index >= 15 is 0 Å². The van der Waals surface area contributed by atoms with Gasteiger partial charge in [0.05, 0.1) is 6.20 Å². The molecular weight excluding hydrogens is 269 g/mol. The number of ether oxygens (including phenoxy) is 1. The van der Waals surface area contributed by atoms with Crippen LogP contribution < -0.4 is 10.1 Å². The second kappa shape index (κ2) is 7.71. The molecule has 21 heavy (non-hydrogen) atoms. The van der Waals surface area contributed by atoms with Gasteiger partial charge in [-0.05, 0) is 38.4 Å². The molecule has 1 heterocycles. The van der Waals surface area contributed by atoms with E-state index in [0.717, 1.165) is 24.7 Å². The maximum atomic E-state index is 13.3. The molecule has 0 saturated heterocycles. The first-order valence-corrected chi connectivity index (χ1v) is 7.74. The Morgan fingerprint density at radius 2 is 2.24 bits per heavy atom. The maximum absolute atomic E-state index is 13.3. The van der Waals surface area contributed by atoms with Crippen LogP contribution in [0.1, 0.15) is 32.3 Å². The van der Waals surface area contributed by atoms with E-state index in [0.29, 0.717) is 24.9 Å². The summed E-state index contributed by atoms with van der Waals surface area (Å²) in [5, 5.41) is 3.30. The lowest BCUT2D eigenvalue weighted by Gasteiger charge is -2.17. The monoisotopic (exact) mass is 295 g/mol. The molecule has 0 unspecified atom stereocenters. The highest BCUT2D eigenvalue weighted by Crippen LogP contribution is 2.25. The molecule has 1 aliphatic rings. The van der Waals surface area contributed by atoms with Crippen LogP contribution in [0.3, 0.4) is 0 Å². The number of nitrogens with one attached hydrogen (secondary N) is 1. The molecule has 1 aromatic rings. The van der Waals surface area contributed by atoms with E-state index in [9.17, 15) is 4.39 Å². The Balaban J connectivity index is 1.84. The Morgan fingerprint density at radius 3 is 2.90 bits per heavy atom. The fourth-order valence-electron chi connectivity index (χ4n) is 2.20. The first-order valence-electron chi connectivity index (χ1n) is 7.74. The second-order valence-electron chi connectivity index (χ2n) is 6.20. The minimum Gasteiger partial charge on any atom is -0.476 e. The molecule has 0 bridgehead atoms. The number of aromatic nitrogens is 1. The number of pyridine rings is 1. The zero-order valence-electron chi connectivity index (χ0n) is 13.2. The lowest BCUT2D eigenvalue weighted by molar-refractivity contribution is 0.224. The van der Waals surface area contributed by atoms with Gasteiger partial charge in [-0.2, -0.15) is 0 Å². The molecule has 118 valence electrons. The molecule has 0 atom stereocenters. The lowest BCUT2D eigenvalue weighted by Crippen LogP contribution is -2.26. The summed E-state index contributed by atoms with van der Waals surface area (Å²) in [6, 6.07) is 2.22. The quantitative estimate of drug-likeness (QED) is 0.759. The Labute approximate surface area is 126 Å². The van der Waals surface area contributed by atoms with Crippen molar-refractivity contribution in [3.05, 3.63) is 23.6 Å². The summed E-state index contributed by atoms with van der Waals surface area (Å²) in [6.45, 7) is 7.21. The number of hydrogen-bond donors (Lipinski definition) is 1. The van der Waals surface area contributed by atoms with Crippen LogP contribution in [0.4, 0.5) is 4.39 Å². The van der Waals surface area contributed by atoms with Crippen LogP contribution in [0.25, 0.3) is 0 Å². The van der Waals surface area contributed by atoms with Crippen molar-refractivity contribution in [1.82, 2.24) is 15.2 Å². The number of likely N-dealkylation sites (N-methyl/N-ethyl adjacent to an activating group) is 1. The van der Waals surface area contributed by atoms with E-state index in [1.54, 1.807) is 0 Å². The molecule has 1 aromatic heterocycles. The Hall–Kier alpha value is -1.20. The zero-order valence-corrected chi connectivity index (χ0v) is 13.2. The maximum Gasteiger partial charge on any atom is 0.218 e. The van der Waals surface area contributed by atoms with Crippen LogP contribution in [0.5, 0.6) is 5.88 Å². The summed E-state index contributed by atoms with van der Waals surface area (Å²) in [5.41, 5.74) is 0.782. The molecule has 1 fully saturated rings. The van der Waals surface area contributed by atoms with Crippen molar-refractivity contribution in [2.24, 2.45) is 5.92 Å². The predicted octanol–water partition coefficient (Wildman–Crippen LogP) is 2.44. The minimum absolute atomic E-state index is 0.321. The molecule has 1 saturated carbocycles. The van der Waals surface area contributed by atoms with Gasteiger partial charge in [0.25, 0.3) is 0 Å². The molecule has 5 heteroatoms. The minimum atomic E-state index is -0.321. The van der Waals surface area contributed by atoms with Gasteiger partial charge in [-0.1, -0.05) is 13.8 Å². The van der Waals surface area contributed by atoms with Gasteiger partial charge >= 0.3 is 0 Å². The van der Waals surface area contributed by atoms with E-state index in [2.05, 4.69) is 36.1 Å². The van der Waals surface area contributed by atoms with Crippen molar-refractivity contribution in [3.63, 3.8) is 0 Å². The van der Waals surface area contributed by atoms with Crippen molar-refractivity contribution >= 4 is 0 Å². The Kier molecular flexibility index (Phi) is 5.94. The van der Waals surface area contributed by atoms with E-state index < -0.39 is 0 Å². The number of rotatable bonds is 9. The smallest absolute Gasteiger partial charge is 0.218 e. The van der Waals surface area contributed by atoms with Gasteiger partial charge in [0.15, 0.2) is 0 Å². The summed E-state index contributed by atoms with van der Waals surface area (Å²) in [7, 11) is 2.12. The molecule has 1 aliphatic carbocycles. The van der Waals surface area contributed by atoms with Gasteiger partial charge in [-0.3, -0.25) is 0 Å². The van der Waals surface area contributed by atoms with E-state index in [-0.39, 0.29) is 5.82 Å². The largest absolute Gasteiger partial charge is 0.476 e. The summed E-state index contributed by atoms with van der Waals surface area (Å²) >= 11 is 0. The molecule has 0 aliphatic heterocycles. The Bertz CT molecular complexity index is 449. The van der Waals surface area contributed by atoms with Crippen LogP contribution in [-0.2, 0) is 6.54 Å². The fourth-order valence-corrected chi connectivity index (χ4v) is 2.20. The van der Waals surface area contributed by atoms with Crippen LogP contribution in [0.2, 0.25) is 0 Å². The molecular formula is C16H26FN3O. The first-order chi connectivity index (χ1) is 10.1. The third-order valence-corrected chi connectivity index (χ3v) is 3.61. The van der Waals surface area contributed by atoms with Gasteiger partial charge in [0.1, 0.15) is 12.4 Å². The van der Waals surface area contributed by atoms with Gasteiger partial charge < -0.3 is 15.0 Å². The number of halogens is 1. The summed E-state index contributed by atoms with van der Waals surface area (Å²) in [4.78, 5) is 6.38. The molecule has 0 spiro atoms.